The molecule has 6 amide bonds. The molecule has 0 aromatic rings. The predicted octanol–water partition coefficient (Wildman–Crippen LogP) is 3.30. The number of aliphatic hydroxyl groups excluding tert-OH is 3. The number of amides is 6. The number of ether oxygens (including phenoxy) is 9. The van der Waals surface area contributed by atoms with Gasteiger partial charge in [-0.05, 0) is 143 Å². The van der Waals surface area contributed by atoms with Crippen molar-refractivity contribution in [3.05, 3.63) is 11.8 Å². The summed E-state index contributed by atoms with van der Waals surface area (Å²) in [5.74, 6) is -0.586. The van der Waals surface area contributed by atoms with Crippen LogP contribution in [-0.2, 0) is 47.4 Å². The Morgan fingerprint density at radius 3 is 1.74 bits per heavy atom. The highest BCUT2D eigenvalue weighted by Gasteiger charge is 2.55. The lowest BCUT2D eigenvalue weighted by atomic mass is 9.74. The summed E-state index contributed by atoms with van der Waals surface area (Å²) in [5, 5.41) is 63.1. The lowest BCUT2D eigenvalue weighted by molar-refractivity contribution is -0.276. The fourth-order valence-corrected chi connectivity index (χ4v) is 8.17. The number of likely N-dealkylation sites (N-methyl/N-ethyl adjacent to an activating group) is 1. The number of nitrogens with zero attached hydrogens (tertiary/aromatic N) is 1. The smallest absolute Gasteiger partial charge is 0.410 e. The van der Waals surface area contributed by atoms with E-state index in [1.165, 1.54) is 14.0 Å². The van der Waals surface area contributed by atoms with Gasteiger partial charge in [-0.3, -0.25) is 4.79 Å². The zero-order valence-electron chi connectivity index (χ0n) is 48.9. The van der Waals surface area contributed by atoms with Crippen molar-refractivity contribution in [2.45, 2.75) is 244 Å². The van der Waals surface area contributed by atoms with Crippen molar-refractivity contribution < 1.29 is 91.8 Å². The molecule has 10 atom stereocenters. The van der Waals surface area contributed by atoms with Crippen LogP contribution in [0.4, 0.5) is 24.0 Å². The number of rotatable bonds is 21. The molecule has 0 spiro atoms. The van der Waals surface area contributed by atoms with Gasteiger partial charge in [-0.1, -0.05) is 0 Å². The van der Waals surface area contributed by atoms with Gasteiger partial charge in [0.15, 0.2) is 6.29 Å². The van der Waals surface area contributed by atoms with Crippen LogP contribution in [0.15, 0.2) is 11.8 Å². The maximum atomic E-state index is 14.3. The molecular weight excluding hydrogens is 1030 g/mol. The summed E-state index contributed by atoms with van der Waals surface area (Å²) in [6.45, 7) is 26.6. The number of hydrogen-bond donors (Lipinski definition) is 10. The molecule has 0 radical (unpaired) electrons. The van der Waals surface area contributed by atoms with E-state index in [1.807, 2.05) is 0 Å². The maximum absolute atomic E-state index is 14.3. The molecule has 2 aliphatic carbocycles. The lowest BCUT2D eigenvalue weighted by Crippen LogP contribution is -2.70. The summed E-state index contributed by atoms with van der Waals surface area (Å²) in [7, 11) is 1.37. The highest BCUT2D eigenvalue weighted by Crippen LogP contribution is 2.36. The highest BCUT2D eigenvalue weighted by atomic mass is 16.7. The molecule has 26 heteroatoms. The Morgan fingerprint density at radius 2 is 1.22 bits per heavy atom. The summed E-state index contributed by atoms with van der Waals surface area (Å²) in [6, 6.07) is -5.43. The molecule has 0 unspecified atom stereocenters. The molecule has 26 nitrogen and oxygen atoms in total. The summed E-state index contributed by atoms with van der Waals surface area (Å²) in [5.41, 5.74) is -6.39. The largest absolute Gasteiger partial charge is 0.466 e. The van der Waals surface area contributed by atoms with Crippen LogP contribution < -0.4 is 31.9 Å². The Morgan fingerprint density at radius 1 is 0.718 bits per heavy atom. The Hall–Kier alpha value is -4.96. The predicted molar refractivity (Wildman–Crippen MR) is 282 cm³/mol. The summed E-state index contributed by atoms with van der Waals surface area (Å²) < 4.78 is 52.8. The molecule has 0 saturated heterocycles. The lowest BCUT2D eigenvalue weighted by Gasteiger charge is -2.49. The van der Waals surface area contributed by atoms with Gasteiger partial charge < -0.3 is 99.9 Å². The number of carbonyl (C=O) groups excluding carboxylic acids is 6. The van der Waals surface area contributed by atoms with Crippen molar-refractivity contribution in [3.8, 4) is 0 Å². The van der Waals surface area contributed by atoms with Gasteiger partial charge in [-0.25, -0.2) is 24.0 Å². The van der Waals surface area contributed by atoms with E-state index in [-0.39, 0.29) is 32.2 Å². The molecule has 78 heavy (non-hydrogen) atoms. The van der Waals surface area contributed by atoms with Crippen LogP contribution in [-0.4, -0.2) is 202 Å². The van der Waals surface area contributed by atoms with Crippen molar-refractivity contribution in [1.29, 1.82) is 0 Å². The van der Waals surface area contributed by atoms with Crippen LogP contribution in [0.2, 0.25) is 0 Å². The zero-order valence-corrected chi connectivity index (χ0v) is 48.9. The molecular formula is C52H93N7O19. The Labute approximate surface area is 459 Å². The summed E-state index contributed by atoms with van der Waals surface area (Å²) in [4.78, 5) is 80.4. The normalized spacial score (nSPS) is 25.9. The number of nitrogens with one attached hydrogen (secondary N) is 6. The first-order valence-electron chi connectivity index (χ1n) is 26.6. The second-order valence-corrected chi connectivity index (χ2v) is 24.9. The van der Waals surface area contributed by atoms with Crippen LogP contribution >= 0.6 is 0 Å². The average Bonchev–Trinajstić information content (AvgIpc) is 3.24. The molecule has 10 N–H and O–H groups in total. The van der Waals surface area contributed by atoms with E-state index in [4.69, 9.17) is 42.6 Å². The fourth-order valence-electron chi connectivity index (χ4n) is 8.17. The van der Waals surface area contributed by atoms with E-state index in [2.05, 4.69) is 31.9 Å². The number of aliphatic hydroxyl groups is 4. The van der Waals surface area contributed by atoms with E-state index in [0.29, 0.717) is 25.3 Å². The molecule has 0 aromatic heterocycles. The number of hydrogen-bond acceptors (Lipinski definition) is 20. The van der Waals surface area contributed by atoms with Crippen LogP contribution in [0.3, 0.4) is 0 Å². The minimum atomic E-state index is -2.06. The van der Waals surface area contributed by atoms with Gasteiger partial charge in [-0.15, -0.1) is 0 Å². The minimum absolute atomic E-state index is 0.112. The van der Waals surface area contributed by atoms with Gasteiger partial charge in [0.05, 0.1) is 43.9 Å². The third kappa shape index (κ3) is 23.4. The fraction of sp³-hybridized carbons (Fsp3) is 0.846. The van der Waals surface area contributed by atoms with Gasteiger partial charge in [0.25, 0.3) is 5.91 Å². The van der Waals surface area contributed by atoms with Crippen molar-refractivity contribution in [2.75, 3.05) is 39.9 Å². The first-order chi connectivity index (χ1) is 35.7. The van der Waals surface area contributed by atoms with Gasteiger partial charge >= 0.3 is 30.5 Å². The topological polar surface area (TPSA) is 342 Å². The van der Waals surface area contributed by atoms with Gasteiger partial charge in [0.1, 0.15) is 63.8 Å². The first kappa shape index (κ1) is 67.3. The van der Waals surface area contributed by atoms with Crippen molar-refractivity contribution in [1.82, 2.24) is 36.8 Å². The van der Waals surface area contributed by atoms with Gasteiger partial charge in [0, 0.05) is 32.5 Å². The Kier molecular flexibility index (Phi) is 24.1. The highest BCUT2D eigenvalue weighted by molar-refractivity contribution is 5.87. The molecule has 1 heterocycles. The molecule has 2 saturated carbocycles. The average molecular weight is 1120 g/mol. The maximum Gasteiger partial charge on any atom is 0.410 e. The number of alkyl carbamates (subject to hydrolysis) is 4. The minimum Gasteiger partial charge on any atom is -0.466 e. The molecule has 0 bridgehead atoms. The molecule has 3 aliphatic rings. The quantitative estimate of drug-likeness (QED) is 0.0448. The Bertz CT molecular complexity index is 2020. The van der Waals surface area contributed by atoms with E-state index in [0.717, 1.165) is 4.90 Å². The first-order valence-corrected chi connectivity index (χ1v) is 26.6. The molecule has 450 valence electrons. The third-order valence-corrected chi connectivity index (χ3v) is 11.7. The molecule has 2 fully saturated rings. The van der Waals surface area contributed by atoms with E-state index in [1.54, 1.807) is 110 Å². The van der Waals surface area contributed by atoms with Crippen molar-refractivity contribution in [3.63, 3.8) is 0 Å². The standard InChI is InChI=1S/C52H93N7O19/c1-29(59(17)46(68)78-51(14,15)16)35(61)40(70-24-23-60)73-37-33(56-41(63)52(69)26-30(27-52)55-43(65)75-48(5,6)7)25-34(58-45(67)77-50(11,12)13)38(36(37)62)72-39-32(57-44(66)76-49(8,9)10)20-19-31(71-39)28-53-21-18-22-54-42(64)74-47(2,3)4/h19,29-30,32-40,53,60-62,69H,18,20-28H2,1-17H3,(H,54,64)(H,55,65)(H,56,63)(H,57,66)(H,58,67)/t29-,30?,32+,33+,34-,35+,36+,37-,38+,39+,40+,52?/m0/s1. The molecule has 0 aromatic carbocycles. The molecule has 3 rings (SSSR count). The van der Waals surface area contributed by atoms with Crippen LogP contribution in [0, 0.1) is 0 Å². The van der Waals surface area contributed by atoms with Gasteiger partial charge in [0.2, 0.25) is 6.29 Å². The van der Waals surface area contributed by atoms with Crippen LogP contribution in [0.25, 0.3) is 0 Å². The van der Waals surface area contributed by atoms with Crippen molar-refractivity contribution in [2.24, 2.45) is 0 Å². The third-order valence-electron chi connectivity index (χ3n) is 11.7. The van der Waals surface area contributed by atoms with Gasteiger partial charge in [-0.2, -0.15) is 0 Å². The van der Waals surface area contributed by atoms with E-state index in [9.17, 15) is 49.2 Å². The van der Waals surface area contributed by atoms with Crippen molar-refractivity contribution >= 4 is 36.4 Å². The monoisotopic (exact) mass is 1120 g/mol. The summed E-state index contributed by atoms with van der Waals surface area (Å²) >= 11 is 0. The summed E-state index contributed by atoms with van der Waals surface area (Å²) in [6.07, 6.45) is -12.5. The zero-order chi connectivity index (χ0) is 59.4. The second-order valence-electron chi connectivity index (χ2n) is 24.9. The Balaban J connectivity index is 2.10. The van der Waals surface area contributed by atoms with Crippen LogP contribution in [0.5, 0.6) is 0 Å². The second kappa shape index (κ2) is 28.0. The number of carbonyl (C=O) groups is 6. The SMILES string of the molecule is C[C@@H]([C@@H](O)[C@H](OCCO)O[C@@H]1[C@@H](O)[C@H](O[C@H]2OC(CNCCCNC(=O)OC(C)(C)C)=CC[C@H]2NC(=O)OC(C)(C)C)[C@@H](NC(=O)OC(C)(C)C)C[C@H]1NC(=O)C1(O)CC(NC(=O)OC(C)(C)C)C1)N(C)C(=O)OC(C)(C)C. The van der Waals surface area contributed by atoms with E-state index >= 15 is 0 Å². The van der Waals surface area contributed by atoms with Crippen LogP contribution in [0.1, 0.15) is 143 Å². The molecule has 1 aliphatic heterocycles. The van der Waals surface area contributed by atoms with E-state index < -0.39 is 150 Å².